The molecule has 0 aliphatic carbocycles. The fourth-order valence-corrected chi connectivity index (χ4v) is 2.48. The summed E-state index contributed by atoms with van der Waals surface area (Å²) in [5.74, 6) is 0.994. The maximum Gasteiger partial charge on any atom is 0.122 e. The second-order valence-corrected chi connectivity index (χ2v) is 5.43. The highest BCUT2D eigenvalue weighted by Gasteiger charge is 2.05. The summed E-state index contributed by atoms with van der Waals surface area (Å²) in [5.41, 5.74) is 2.30. The molecule has 0 amide bonds. The summed E-state index contributed by atoms with van der Waals surface area (Å²) >= 11 is 6.22. The number of imidazole rings is 1. The minimum Gasteiger partial charge on any atom is -0.329 e. The number of nitrogens with zero attached hydrogens (tertiary/aromatic N) is 3. The SMILES string of the molecule is Clc1ccccc1Cn1ccnc1CNCc1ccncc1. The third kappa shape index (κ3) is 3.72. The van der Waals surface area contributed by atoms with Crippen molar-refractivity contribution in [2.75, 3.05) is 0 Å². The van der Waals surface area contributed by atoms with Crippen molar-refractivity contribution >= 4 is 11.6 Å². The number of rotatable bonds is 6. The zero-order valence-electron chi connectivity index (χ0n) is 12.1. The van der Waals surface area contributed by atoms with Crippen molar-refractivity contribution in [2.45, 2.75) is 19.6 Å². The maximum absolute atomic E-state index is 6.22. The summed E-state index contributed by atoms with van der Waals surface area (Å²) in [6, 6.07) is 11.9. The third-order valence-electron chi connectivity index (χ3n) is 3.46. The Kier molecular flexibility index (Phi) is 4.83. The van der Waals surface area contributed by atoms with Crippen LogP contribution in [0, 0.1) is 0 Å². The van der Waals surface area contributed by atoms with Crippen LogP contribution in [0.15, 0.2) is 61.2 Å². The molecule has 0 spiro atoms. The van der Waals surface area contributed by atoms with Gasteiger partial charge in [-0.3, -0.25) is 4.98 Å². The lowest BCUT2D eigenvalue weighted by atomic mass is 10.2. The molecule has 0 saturated carbocycles. The molecular weight excluding hydrogens is 296 g/mol. The van der Waals surface area contributed by atoms with Crippen LogP contribution in [0.1, 0.15) is 17.0 Å². The molecule has 0 bridgehead atoms. The predicted octanol–water partition coefficient (Wildman–Crippen LogP) is 3.27. The van der Waals surface area contributed by atoms with Crippen LogP contribution >= 0.6 is 11.6 Å². The third-order valence-corrected chi connectivity index (χ3v) is 3.83. The Balaban J connectivity index is 1.61. The Bertz CT molecular complexity index is 724. The Hall–Kier alpha value is -2.17. The van der Waals surface area contributed by atoms with Gasteiger partial charge in [-0.2, -0.15) is 0 Å². The van der Waals surface area contributed by atoms with Crippen LogP contribution in [0.4, 0.5) is 0 Å². The summed E-state index contributed by atoms with van der Waals surface area (Å²) < 4.78 is 2.11. The van der Waals surface area contributed by atoms with E-state index < -0.39 is 0 Å². The van der Waals surface area contributed by atoms with Gasteiger partial charge < -0.3 is 9.88 Å². The largest absolute Gasteiger partial charge is 0.329 e. The smallest absolute Gasteiger partial charge is 0.122 e. The van der Waals surface area contributed by atoms with Gasteiger partial charge in [0, 0.05) is 36.4 Å². The Labute approximate surface area is 134 Å². The van der Waals surface area contributed by atoms with E-state index in [9.17, 15) is 0 Å². The van der Waals surface area contributed by atoms with Crippen LogP contribution in [0.3, 0.4) is 0 Å². The van der Waals surface area contributed by atoms with E-state index in [0.29, 0.717) is 6.54 Å². The van der Waals surface area contributed by atoms with E-state index in [1.54, 1.807) is 12.4 Å². The summed E-state index contributed by atoms with van der Waals surface area (Å²) in [6.07, 6.45) is 7.40. The second kappa shape index (κ2) is 7.20. The minimum absolute atomic E-state index is 0.708. The molecule has 0 radical (unpaired) electrons. The van der Waals surface area contributed by atoms with Crippen molar-refractivity contribution in [2.24, 2.45) is 0 Å². The molecule has 0 saturated heterocycles. The number of nitrogens with one attached hydrogen (secondary N) is 1. The lowest BCUT2D eigenvalue weighted by Gasteiger charge is -2.10. The summed E-state index contributed by atoms with van der Waals surface area (Å²) in [4.78, 5) is 8.43. The van der Waals surface area contributed by atoms with Crippen molar-refractivity contribution < 1.29 is 0 Å². The van der Waals surface area contributed by atoms with Crippen LogP contribution in [-0.2, 0) is 19.6 Å². The van der Waals surface area contributed by atoms with Gasteiger partial charge in [-0.25, -0.2) is 4.98 Å². The second-order valence-electron chi connectivity index (χ2n) is 5.02. The topological polar surface area (TPSA) is 42.7 Å². The van der Waals surface area contributed by atoms with E-state index in [1.807, 2.05) is 48.8 Å². The highest BCUT2D eigenvalue weighted by Crippen LogP contribution is 2.16. The first-order valence-corrected chi connectivity index (χ1v) is 7.54. The maximum atomic E-state index is 6.22. The monoisotopic (exact) mass is 312 g/mol. The van der Waals surface area contributed by atoms with Gasteiger partial charge in [-0.1, -0.05) is 29.8 Å². The van der Waals surface area contributed by atoms with Gasteiger partial charge in [0.25, 0.3) is 0 Å². The van der Waals surface area contributed by atoms with Crippen LogP contribution in [0.2, 0.25) is 5.02 Å². The molecule has 3 aromatic rings. The first-order chi connectivity index (χ1) is 10.8. The Morgan fingerprint density at radius 3 is 2.64 bits per heavy atom. The number of halogens is 1. The number of hydrogen-bond donors (Lipinski definition) is 1. The number of benzene rings is 1. The van der Waals surface area contributed by atoms with Crippen LogP contribution in [0.5, 0.6) is 0 Å². The van der Waals surface area contributed by atoms with E-state index >= 15 is 0 Å². The molecule has 5 heteroatoms. The van der Waals surface area contributed by atoms with Crippen molar-refractivity contribution in [1.29, 1.82) is 0 Å². The molecule has 22 heavy (non-hydrogen) atoms. The molecule has 0 fully saturated rings. The molecule has 2 aromatic heterocycles. The zero-order chi connectivity index (χ0) is 15.2. The summed E-state index contributed by atoms with van der Waals surface area (Å²) in [5, 5.41) is 4.18. The van der Waals surface area contributed by atoms with Gasteiger partial charge in [-0.05, 0) is 29.3 Å². The van der Waals surface area contributed by atoms with Crippen LogP contribution in [0.25, 0.3) is 0 Å². The Morgan fingerprint density at radius 1 is 1.00 bits per heavy atom. The lowest BCUT2D eigenvalue weighted by molar-refractivity contribution is 0.621. The van der Waals surface area contributed by atoms with Crippen molar-refractivity contribution in [3.63, 3.8) is 0 Å². The zero-order valence-corrected chi connectivity index (χ0v) is 12.9. The van der Waals surface area contributed by atoms with E-state index in [-0.39, 0.29) is 0 Å². The fourth-order valence-electron chi connectivity index (χ4n) is 2.28. The van der Waals surface area contributed by atoms with E-state index in [0.717, 1.165) is 29.5 Å². The molecule has 4 nitrogen and oxygen atoms in total. The number of aromatic nitrogens is 3. The van der Waals surface area contributed by atoms with Crippen molar-refractivity contribution in [3.05, 3.63) is 83.2 Å². The summed E-state index contributed by atoms with van der Waals surface area (Å²) in [6.45, 7) is 2.23. The minimum atomic E-state index is 0.708. The summed E-state index contributed by atoms with van der Waals surface area (Å²) in [7, 11) is 0. The van der Waals surface area contributed by atoms with Crippen molar-refractivity contribution in [1.82, 2.24) is 19.9 Å². The lowest BCUT2D eigenvalue weighted by Crippen LogP contribution is -2.17. The average Bonchev–Trinajstić information content (AvgIpc) is 2.98. The molecule has 2 heterocycles. The number of hydrogen-bond acceptors (Lipinski definition) is 3. The van der Waals surface area contributed by atoms with Gasteiger partial charge in [0.2, 0.25) is 0 Å². The van der Waals surface area contributed by atoms with Gasteiger partial charge in [0.1, 0.15) is 5.82 Å². The first-order valence-electron chi connectivity index (χ1n) is 7.16. The van der Waals surface area contributed by atoms with Crippen LogP contribution in [-0.4, -0.2) is 14.5 Å². The highest BCUT2D eigenvalue weighted by atomic mass is 35.5. The first kappa shape index (κ1) is 14.8. The van der Waals surface area contributed by atoms with E-state index in [4.69, 9.17) is 11.6 Å². The molecule has 112 valence electrons. The van der Waals surface area contributed by atoms with Gasteiger partial charge in [0.05, 0.1) is 13.1 Å². The average molecular weight is 313 g/mol. The van der Waals surface area contributed by atoms with Gasteiger partial charge >= 0.3 is 0 Å². The standard InChI is InChI=1S/C17H17ClN4/c18-16-4-2-1-3-15(16)13-22-10-9-21-17(22)12-20-11-14-5-7-19-8-6-14/h1-10,20H,11-13H2. The molecular formula is C17H17ClN4. The fraction of sp³-hybridized carbons (Fsp3) is 0.176. The molecule has 0 aliphatic heterocycles. The quantitative estimate of drug-likeness (QED) is 0.759. The predicted molar refractivity (Wildman–Crippen MR) is 87.6 cm³/mol. The molecule has 0 atom stereocenters. The van der Waals surface area contributed by atoms with Gasteiger partial charge in [0.15, 0.2) is 0 Å². The highest BCUT2D eigenvalue weighted by molar-refractivity contribution is 6.31. The Morgan fingerprint density at radius 2 is 1.82 bits per heavy atom. The molecule has 1 aromatic carbocycles. The molecule has 1 N–H and O–H groups in total. The van der Waals surface area contributed by atoms with Gasteiger partial charge in [-0.15, -0.1) is 0 Å². The normalized spacial score (nSPS) is 10.8. The molecule has 3 rings (SSSR count). The van der Waals surface area contributed by atoms with Crippen molar-refractivity contribution in [3.8, 4) is 0 Å². The van der Waals surface area contributed by atoms with Crippen LogP contribution < -0.4 is 5.32 Å². The number of pyridine rings is 1. The van der Waals surface area contributed by atoms with E-state index in [1.165, 1.54) is 5.56 Å². The molecule has 0 unspecified atom stereocenters. The molecule has 0 aliphatic rings. The van der Waals surface area contributed by atoms with E-state index in [2.05, 4.69) is 19.9 Å².